The molecule has 0 unspecified atom stereocenters. The van der Waals surface area contributed by atoms with Gasteiger partial charge in [-0.1, -0.05) is 5.57 Å². The first-order valence-electron chi connectivity index (χ1n) is 7.50. The van der Waals surface area contributed by atoms with Crippen molar-refractivity contribution < 1.29 is 0 Å². The van der Waals surface area contributed by atoms with E-state index in [-0.39, 0.29) is 0 Å². The van der Waals surface area contributed by atoms with Crippen LogP contribution in [-0.2, 0) is 6.42 Å². The number of anilines is 1. The smallest absolute Gasteiger partial charge is 0.132 e. The van der Waals surface area contributed by atoms with Crippen LogP contribution >= 0.6 is 11.8 Å². The van der Waals surface area contributed by atoms with Crippen molar-refractivity contribution in [3.8, 4) is 0 Å². The number of fused-ring (bicyclic) bond motifs is 1. The lowest BCUT2D eigenvalue weighted by Gasteiger charge is -2.18. The van der Waals surface area contributed by atoms with Gasteiger partial charge in [-0.2, -0.15) is 5.10 Å². The summed E-state index contributed by atoms with van der Waals surface area (Å²) in [5, 5.41) is 8.00. The molecule has 3 rings (SSSR count). The van der Waals surface area contributed by atoms with Crippen molar-refractivity contribution in [3.05, 3.63) is 59.4 Å². The molecule has 0 bridgehead atoms. The fraction of sp³-hybridized carbons (Fsp3) is 0.278. The molecule has 1 aromatic heterocycles. The zero-order valence-electron chi connectivity index (χ0n) is 13.3. The first kappa shape index (κ1) is 15.0. The van der Waals surface area contributed by atoms with Crippen LogP contribution in [0.3, 0.4) is 0 Å². The summed E-state index contributed by atoms with van der Waals surface area (Å²) >= 11 is 1.75. The molecule has 0 fully saturated rings. The standard InChI is InChI=1S/C18H21N3S/c1-13-4-7-16-10-11-19-21(16)18(12-14(13)2)20-15-5-8-17(22-3)9-6-15/h5-6,8-12,20H,4,7H2,1-3H3/b14-13+,18-12-. The third kappa shape index (κ3) is 3.12. The van der Waals surface area contributed by atoms with Crippen LogP contribution in [0, 0.1) is 0 Å². The maximum Gasteiger partial charge on any atom is 0.132 e. The zero-order chi connectivity index (χ0) is 15.5. The summed E-state index contributed by atoms with van der Waals surface area (Å²) < 4.78 is 2.01. The second-order valence-electron chi connectivity index (χ2n) is 5.58. The summed E-state index contributed by atoms with van der Waals surface area (Å²) in [6.45, 7) is 4.38. The van der Waals surface area contributed by atoms with Gasteiger partial charge in [0.05, 0.1) is 0 Å². The Kier molecular flexibility index (Phi) is 4.39. The molecular weight excluding hydrogens is 290 g/mol. The number of benzene rings is 1. The van der Waals surface area contributed by atoms with E-state index in [0.29, 0.717) is 0 Å². The Hall–Kier alpha value is -1.94. The molecule has 0 amide bonds. The predicted molar refractivity (Wildman–Crippen MR) is 95.0 cm³/mol. The van der Waals surface area contributed by atoms with Crippen LogP contribution in [0.5, 0.6) is 0 Å². The van der Waals surface area contributed by atoms with Crippen molar-refractivity contribution in [3.63, 3.8) is 0 Å². The minimum Gasteiger partial charge on any atom is -0.340 e. The van der Waals surface area contributed by atoms with Gasteiger partial charge in [0.25, 0.3) is 0 Å². The zero-order valence-corrected chi connectivity index (χ0v) is 14.1. The van der Waals surface area contributed by atoms with Crippen molar-refractivity contribution in [2.45, 2.75) is 31.6 Å². The average Bonchev–Trinajstić information content (AvgIpc) is 2.99. The summed E-state index contributed by atoms with van der Waals surface area (Å²) in [6, 6.07) is 10.6. The maximum atomic E-state index is 4.49. The van der Waals surface area contributed by atoms with E-state index in [1.54, 1.807) is 11.8 Å². The van der Waals surface area contributed by atoms with Crippen molar-refractivity contribution in [1.82, 2.24) is 9.78 Å². The predicted octanol–water partition coefficient (Wildman–Crippen LogP) is 4.80. The Balaban J connectivity index is 1.96. The maximum absolute atomic E-state index is 4.49. The Morgan fingerprint density at radius 1 is 1.09 bits per heavy atom. The molecule has 0 saturated carbocycles. The fourth-order valence-corrected chi connectivity index (χ4v) is 2.96. The Bertz CT molecular complexity index is 723. The third-order valence-electron chi connectivity index (χ3n) is 4.09. The largest absolute Gasteiger partial charge is 0.340 e. The second-order valence-corrected chi connectivity index (χ2v) is 6.46. The van der Waals surface area contributed by atoms with E-state index < -0.39 is 0 Å². The SMILES string of the molecule is CSc1ccc(N/C2=C/C(C)=C(\C)CCc3ccnn32)cc1. The van der Waals surface area contributed by atoms with Gasteiger partial charge in [0.2, 0.25) is 0 Å². The molecule has 2 heterocycles. The monoisotopic (exact) mass is 311 g/mol. The van der Waals surface area contributed by atoms with E-state index in [1.807, 2.05) is 10.9 Å². The molecule has 1 aromatic carbocycles. The van der Waals surface area contributed by atoms with E-state index >= 15 is 0 Å². The molecule has 4 heteroatoms. The summed E-state index contributed by atoms with van der Waals surface area (Å²) in [7, 11) is 0. The lowest BCUT2D eigenvalue weighted by atomic mass is 10.0. The lowest BCUT2D eigenvalue weighted by molar-refractivity contribution is 0.783. The number of hydrogen-bond donors (Lipinski definition) is 1. The van der Waals surface area contributed by atoms with Gasteiger partial charge in [-0.15, -0.1) is 11.8 Å². The van der Waals surface area contributed by atoms with Crippen molar-refractivity contribution in [2.24, 2.45) is 0 Å². The van der Waals surface area contributed by atoms with Crippen LogP contribution in [0.25, 0.3) is 5.82 Å². The average molecular weight is 311 g/mol. The van der Waals surface area contributed by atoms with Crippen LogP contribution in [0.1, 0.15) is 26.0 Å². The van der Waals surface area contributed by atoms with E-state index in [9.17, 15) is 0 Å². The quantitative estimate of drug-likeness (QED) is 0.826. The van der Waals surface area contributed by atoms with E-state index in [0.717, 1.165) is 24.4 Å². The number of nitrogens with zero attached hydrogens (tertiary/aromatic N) is 2. The third-order valence-corrected chi connectivity index (χ3v) is 4.84. The number of thioether (sulfide) groups is 1. The topological polar surface area (TPSA) is 29.9 Å². The van der Waals surface area contributed by atoms with Crippen LogP contribution in [0.4, 0.5) is 5.69 Å². The number of nitrogens with one attached hydrogen (secondary N) is 1. The Morgan fingerprint density at radius 2 is 1.86 bits per heavy atom. The van der Waals surface area contributed by atoms with Gasteiger partial charge in [-0.05, 0) is 74.9 Å². The minimum absolute atomic E-state index is 1.01. The van der Waals surface area contributed by atoms with Crippen LogP contribution < -0.4 is 5.32 Å². The molecule has 114 valence electrons. The van der Waals surface area contributed by atoms with Crippen LogP contribution in [0.2, 0.25) is 0 Å². The number of allylic oxidation sites excluding steroid dienone is 3. The number of hydrogen-bond acceptors (Lipinski definition) is 3. The second kappa shape index (κ2) is 6.44. The highest BCUT2D eigenvalue weighted by atomic mass is 32.2. The van der Waals surface area contributed by atoms with Crippen LogP contribution in [0.15, 0.2) is 58.6 Å². The lowest BCUT2D eigenvalue weighted by Crippen LogP contribution is -2.13. The Morgan fingerprint density at radius 3 is 2.59 bits per heavy atom. The van der Waals surface area contributed by atoms with Gasteiger partial charge in [-0.3, -0.25) is 0 Å². The van der Waals surface area contributed by atoms with Gasteiger partial charge >= 0.3 is 0 Å². The normalized spacial score (nSPS) is 20.6. The molecule has 2 aromatic rings. The summed E-state index contributed by atoms with van der Waals surface area (Å²) in [6.07, 6.45) is 8.26. The molecular formula is C18H21N3S. The fourth-order valence-electron chi connectivity index (χ4n) is 2.55. The van der Waals surface area contributed by atoms with Crippen molar-refractivity contribution in [1.29, 1.82) is 0 Å². The van der Waals surface area contributed by atoms with E-state index in [2.05, 4.69) is 66.9 Å². The first-order chi connectivity index (χ1) is 10.7. The molecule has 0 aliphatic carbocycles. The van der Waals surface area contributed by atoms with Gasteiger partial charge in [0.15, 0.2) is 0 Å². The first-order valence-corrected chi connectivity index (χ1v) is 8.72. The highest BCUT2D eigenvalue weighted by Gasteiger charge is 2.12. The highest BCUT2D eigenvalue weighted by molar-refractivity contribution is 7.98. The molecule has 0 saturated heterocycles. The van der Waals surface area contributed by atoms with Crippen molar-refractivity contribution in [2.75, 3.05) is 11.6 Å². The molecule has 0 radical (unpaired) electrons. The van der Waals surface area contributed by atoms with Gasteiger partial charge in [0.1, 0.15) is 5.82 Å². The molecule has 22 heavy (non-hydrogen) atoms. The molecule has 1 aliphatic rings. The Labute approximate surface area is 136 Å². The molecule has 3 nitrogen and oxygen atoms in total. The summed E-state index contributed by atoms with van der Waals surface area (Å²) in [5.74, 6) is 1.01. The number of aromatic nitrogens is 2. The molecule has 1 N–H and O–H groups in total. The van der Waals surface area contributed by atoms with E-state index in [4.69, 9.17) is 0 Å². The van der Waals surface area contributed by atoms with Gasteiger partial charge in [-0.25, -0.2) is 4.68 Å². The molecule has 0 spiro atoms. The number of aryl methyl sites for hydroxylation is 1. The minimum atomic E-state index is 1.01. The van der Waals surface area contributed by atoms with Crippen molar-refractivity contribution >= 4 is 23.3 Å². The van der Waals surface area contributed by atoms with Gasteiger partial charge < -0.3 is 5.32 Å². The van der Waals surface area contributed by atoms with Crippen LogP contribution in [-0.4, -0.2) is 16.0 Å². The molecule has 0 atom stereocenters. The summed E-state index contributed by atoms with van der Waals surface area (Å²) in [4.78, 5) is 1.27. The van der Waals surface area contributed by atoms with E-state index in [1.165, 1.54) is 21.7 Å². The highest BCUT2D eigenvalue weighted by Crippen LogP contribution is 2.24. The molecule has 1 aliphatic heterocycles. The van der Waals surface area contributed by atoms with Gasteiger partial charge in [0, 0.05) is 22.5 Å². The summed E-state index contributed by atoms with van der Waals surface area (Å²) in [5.41, 5.74) is 5.07. The number of rotatable bonds is 3.